The van der Waals surface area contributed by atoms with Crippen LogP contribution < -0.4 is 5.32 Å². The maximum atomic E-state index is 12.9. The molecule has 0 unspecified atom stereocenters. The molecule has 2 aromatic rings. The number of hydrogen-bond donors (Lipinski definition) is 1. The van der Waals surface area contributed by atoms with Gasteiger partial charge < -0.3 is 10.1 Å². The van der Waals surface area contributed by atoms with E-state index in [1.165, 1.54) is 16.4 Å². The van der Waals surface area contributed by atoms with Crippen LogP contribution in [-0.4, -0.2) is 56.5 Å². The van der Waals surface area contributed by atoms with Crippen LogP contribution in [0.4, 0.5) is 0 Å². The SMILES string of the molecule is O=C(NCCc1cccnc1)c1cc(S(=O)(=O)N2CCOCC2)c(Cl)cc1Cl. The zero-order chi connectivity index (χ0) is 20.1. The van der Waals surface area contributed by atoms with E-state index in [4.69, 9.17) is 27.9 Å². The number of sulfonamides is 1. The highest BCUT2D eigenvalue weighted by Gasteiger charge is 2.30. The molecule has 150 valence electrons. The Morgan fingerprint density at radius 3 is 2.64 bits per heavy atom. The highest BCUT2D eigenvalue weighted by molar-refractivity contribution is 7.89. The Bertz CT molecular complexity index is 949. The van der Waals surface area contributed by atoms with Gasteiger partial charge in [-0.15, -0.1) is 0 Å². The Morgan fingerprint density at radius 1 is 1.21 bits per heavy atom. The molecule has 0 radical (unpaired) electrons. The van der Waals surface area contributed by atoms with Crippen molar-refractivity contribution in [2.24, 2.45) is 0 Å². The molecule has 10 heteroatoms. The van der Waals surface area contributed by atoms with Crippen molar-refractivity contribution in [1.29, 1.82) is 0 Å². The maximum Gasteiger partial charge on any atom is 0.252 e. The quantitative estimate of drug-likeness (QED) is 0.739. The first-order chi connectivity index (χ1) is 13.4. The van der Waals surface area contributed by atoms with Gasteiger partial charge in [-0.3, -0.25) is 9.78 Å². The smallest absolute Gasteiger partial charge is 0.252 e. The third-order valence-corrected chi connectivity index (χ3v) is 6.95. The normalized spacial score (nSPS) is 15.4. The molecule has 3 rings (SSSR count). The van der Waals surface area contributed by atoms with Crippen molar-refractivity contribution >= 4 is 39.1 Å². The van der Waals surface area contributed by atoms with Gasteiger partial charge in [0.2, 0.25) is 10.0 Å². The monoisotopic (exact) mass is 443 g/mol. The molecule has 1 fully saturated rings. The van der Waals surface area contributed by atoms with E-state index in [0.717, 1.165) is 5.56 Å². The van der Waals surface area contributed by atoms with Crippen molar-refractivity contribution in [1.82, 2.24) is 14.6 Å². The van der Waals surface area contributed by atoms with Crippen LogP contribution in [0.25, 0.3) is 0 Å². The molecule has 0 spiro atoms. The topological polar surface area (TPSA) is 88.6 Å². The molecule has 0 saturated carbocycles. The number of carbonyl (C=O) groups excluding carboxylic acids is 1. The average molecular weight is 444 g/mol. The molecule has 1 aliphatic heterocycles. The first-order valence-corrected chi connectivity index (χ1v) is 10.8. The summed E-state index contributed by atoms with van der Waals surface area (Å²) in [5.41, 5.74) is 1.03. The van der Waals surface area contributed by atoms with Gasteiger partial charge >= 0.3 is 0 Å². The third kappa shape index (κ3) is 4.82. The van der Waals surface area contributed by atoms with Crippen molar-refractivity contribution in [2.45, 2.75) is 11.3 Å². The van der Waals surface area contributed by atoms with E-state index in [1.54, 1.807) is 12.4 Å². The molecule has 0 bridgehead atoms. The molecule has 0 aliphatic carbocycles. The van der Waals surface area contributed by atoms with Crippen LogP contribution in [0, 0.1) is 0 Å². The fraction of sp³-hybridized carbons (Fsp3) is 0.333. The lowest BCUT2D eigenvalue weighted by molar-refractivity contribution is 0.0730. The number of morpholine rings is 1. The Labute approximate surface area is 173 Å². The van der Waals surface area contributed by atoms with Gasteiger partial charge in [0.15, 0.2) is 0 Å². The first kappa shape index (κ1) is 21.0. The summed E-state index contributed by atoms with van der Waals surface area (Å²) in [7, 11) is -3.85. The predicted molar refractivity (Wildman–Crippen MR) is 106 cm³/mol. The molecule has 2 heterocycles. The van der Waals surface area contributed by atoms with Crippen LogP contribution >= 0.6 is 23.2 Å². The second-order valence-corrected chi connectivity index (χ2v) is 8.87. The lowest BCUT2D eigenvalue weighted by atomic mass is 10.2. The van der Waals surface area contributed by atoms with Gasteiger partial charge in [0.25, 0.3) is 5.91 Å². The summed E-state index contributed by atoms with van der Waals surface area (Å²) < 4.78 is 32.3. The molecule has 1 amide bonds. The van der Waals surface area contributed by atoms with Crippen molar-refractivity contribution in [2.75, 3.05) is 32.8 Å². The lowest BCUT2D eigenvalue weighted by Crippen LogP contribution is -2.40. The lowest BCUT2D eigenvalue weighted by Gasteiger charge is -2.26. The second-order valence-electron chi connectivity index (χ2n) is 6.15. The number of ether oxygens (including phenoxy) is 1. The number of nitrogens with one attached hydrogen (secondary N) is 1. The summed E-state index contributed by atoms with van der Waals surface area (Å²) in [5, 5.41) is 2.81. The summed E-state index contributed by atoms with van der Waals surface area (Å²) in [6, 6.07) is 6.23. The molecule has 0 atom stereocenters. The van der Waals surface area contributed by atoms with Crippen molar-refractivity contribution < 1.29 is 17.9 Å². The molecule has 1 aromatic heterocycles. The molecule has 1 aliphatic rings. The third-order valence-electron chi connectivity index (χ3n) is 4.28. The highest BCUT2D eigenvalue weighted by Crippen LogP contribution is 2.31. The van der Waals surface area contributed by atoms with Crippen LogP contribution in [-0.2, 0) is 21.2 Å². The summed E-state index contributed by atoms with van der Waals surface area (Å²) in [6.45, 7) is 1.44. The van der Waals surface area contributed by atoms with E-state index < -0.39 is 15.9 Å². The predicted octanol–water partition coefficient (Wildman–Crippen LogP) is 2.38. The summed E-state index contributed by atoms with van der Waals surface area (Å²) >= 11 is 12.3. The number of benzene rings is 1. The zero-order valence-corrected chi connectivity index (χ0v) is 17.2. The highest BCUT2D eigenvalue weighted by atomic mass is 35.5. The molecule has 7 nitrogen and oxygen atoms in total. The number of hydrogen-bond acceptors (Lipinski definition) is 5. The largest absolute Gasteiger partial charge is 0.379 e. The van der Waals surface area contributed by atoms with Gasteiger partial charge in [0, 0.05) is 32.0 Å². The Balaban J connectivity index is 1.77. The maximum absolute atomic E-state index is 12.9. The van der Waals surface area contributed by atoms with E-state index >= 15 is 0 Å². The zero-order valence-electron chi connectivity index (χ0n) is 14.9. The molecule has 1 saturated heterocycles. The number of rotatable bonds is 6. The fourth-order valence-corrected chi connectivity index (χ4v) is 5.03. The van der Waals surface area contributed by atoms with Crippen LogP contribution in [0.15, 0.2) is 41.6 Å². The van der Waals surface area contributed by atoms with Gasteiger partial charge in [-0.2, -0.15) is 4.31 Å². The van der Waals surface area contributed by atoms with Crippen LogP contribution in [0.2, 0.25) is 10.0 Å². The van der Waals surface area contributed by atoms with E-state index in [1.807, 2.05) is 12.1 Å². The van der Waals surface area contributed by atoms with Crippen LogP contribution in [0.1, 0.15) is 15.9 Å². The molecule has 1 aromatic carbocycles. The first-order valence-electron chi connectivity index (χ1n) is 8.63. The van der Waals surface area contributed by atoms with Gasteiger partial charge in [-0.05, 0) is 30.2 Å². The second kappa shape index (κ2) is 9.19. The number of halogens is 2. The number of aromatic nitrogens is 1. The molecule has 28 heavy (non-hydrogen) atoms. The van der Waals surface area contributed by atoms with E-state index in [-0.39, 0.29) is 33.6 Å². The van der Waals surface area contributed by atoms with Gasteiger partial charge in [-0.25, -0.2) is 8.42 Å². The standard InChI is InChI=1S/C18H19Cl2N3O4S/c19-15-11-16(20)17(28(25,26)23-6-8-27-9-7-23)10-14(15)18(24)22-5-3-13-2-1-4-21-12-13/h1-2,4,10-12H,3,5-9H2,(H,22,24). The molecule has 1 N–H and O–H groups in total. The van der Waals surface area contributed by atoms with Gasteiger partial charge in [0.1, 0.15) is 4.90 Å². The molecular formula is C18H19Cl2N3O4S. The van der Waals surface area contributed by atoms with Crippen LogP contribution in [0.3, 0.4) is 0 Å². The minimum absolute atomic E-state index is 0.0246. The Hall–Kier alpha value is -1.71. The van der Waals surface area contributed by atoms with Crippen molar-refractivity contribution in [3.05, 3.63) is 57.8 Å². The number of carbonyl (C=O) groups is 1. The fourth-order valence-electron chi connectivity index (χ4n) is 2.79. The Morgan fingerprint density at radius 2 is 1.96 bits per heavy atom. The summed E-state index contributed by atoms with van der Waals surface area (Å²) in [5.74, 6) is -0.469. The summed E-state index contributed by atoms with van der Waals surface area (Å²) in [4.78, 5) is 16.4. The summed E-state index contributed by atoms with van der Waals surface area (Å²) in [6.07, 6.45) is 3.98. The van der Waals surface area contributed by atoms with E-state index in [9.17, 15) is 13.2 Å². The van der Waals surface area contributed by atoms with E-state index in [0.29, 0.717) is 26.2 Å². The van der Waals surface area contributed by atoms with Gasteiger partial charge in [-0.1, -0.05) is 29.3 Å². The van der Waals surface area contributed by atoms with Crippen molar-refractivity contribution in [3.8, 4) is 0 Å². The van der Waals surface area contributed by atoms with Gasteiger partial charge in [0.05, 0.1) is 28.8 Å². The average Bonchev–Trinajstić information content (AvgIpc) is 2.69. The Kier molecular flexibility index (Phi) is 6.90. The van der Waals surface area contributed by atoms with Crippen LogP contribution in [0.5, 0.6) is 0 Å². The van der Waals surface area contributed by atoms with E-state index in [2.05, 4.69) is 10.3 Å². The minimum atomic E-state index is -3.85. The number of pyridine rings is 1. The number of amides is 1. The number of nitrogens with zero attached hydrogens (tertiary/aromatic N) is 2. The minimum Gasteiger partial charge on any atom is -0.379 e. The molecular weight excluding hydrogens is 425 g/mol. The van der Waals surface area contributed by atoms with Crippen molar-refractivity contribution in [3.63, 3.8) is 0 Å².